The van der Waals surface area contributed by atoms with E-state index < -0.39 is 11.9 Å². The number of nitrogens with zero attached hydrogens (tertiary/aromatic N) is 3. The van der Waals surface area contributed by atoms with Crippen molar-refractivity contribution in [1.29, 1.82) is 5.41 Å². The number of furan rings is 1. The molecule has 0 aliphatic carbocycles. The Hall–Kier alpha value is -3.76. The zero-order chi connectivity index (χ0) is 21.5. The van der Waals surface area contributed by atoms with Crippen molar-refractivity contribution >= 4 is 57.1 Å². The number of amidine groups is 2. The standard InChI is InChI=1S/C21H12N4O4S2/c22-17-14(18(26)23-21-25(17)24-19(31-21)16-5-2-8-30-16)10-13-6-7-15(29-13)11-3-1-4-12(9-11)20(27)28/h1-10,22H,(H,27,28)/b14-10-,22-17?. The van der Waals surface area contributed by atoms with Crippen LogP contribution in [0.3, 0.4) is 0 Å². The Morgan fingerprint density at radius 3 is 2.84 bits per heavy atom. The number of carboxylic acid groups (broad SMARTS) is 1. The van der Waals surface area contributed by atoms with Gasteiger partial charge in [-0.05, 0) is 53.5 Å². The second kappa shape index (κ2) is 7.49. The number of rotatable bonds is 4. The maximum Gasteiger partial charge on any atom is 0.335 e. The van der Waals surface area contributed by atoms with Crippen LogP contribution < -0.4 is 0 Å². The van der Waals surface area contributed by atoms with Crippen LogP contribution >= 0.6 is 23.1 Å². The van der Waals surface area contributed by atoms with E-state index in [9.17, 15) is 9.59 Å². The Bertz CT molecular complexity index is 1330. The summed E-state index contributed by atoms with van der Waals surface area (Å²) in [5.74, 6) is -0.867. The van der Waals surface area contributed by atoms with Crippen LogP contribution in [0.25, 0.3) is 17.4 Å². The molecule has 0 saturated heterocycles. The van der Waals surface area contributed by atoms with E-state index in [0.717, 1.165) is 4.88 Å². The van der Waals surface area contributed by atoms with Crippen LogP contribution in [0.4, 0.5) is 0 Å². The molecule has 0 saturated carbocycles. The highest BCUT2D eigenvalue weighted by atomic mass is 32.2. The molecule has 5 rings (SSSR count). The van der Waals surface area contributed by atoms with Crippen LogP contribution in [0.5, 0.6) is 0 Å². The Balaban J connectivity index is 1.44. The number of thiophene rings is 1. The van der Waals surface area contributed by atoms with Crippen molar-refractivity contribution in [1.82, 2.24) is 5.01 Å². The van der Waals surface area contributed by atoms with Crippen molar-refractivity contribution in [2.75, 3.05) is 0 Å². The van der Waals surface area contributed by atoms with Gasteiger partial charge in [0.05, 0.1) is 16.0 Å². The number of aliphatic imine (C=N–C) groups is 1. The third-order valence-corrected chi connectivity index (χ3v) is 6.44. The number of hydrogen-bond donors (Lipinski definition) is 2. The fourth-order valence-electron chi connectivity index (χ4n) is 3.03. The molecule has 0 spiro atoms. The number of thioether (sulfide) groups is 1. The molecule has 0 radical (unpaired) electrons. The largest absolute Gasteiger partial charge is 0.478 e. The highest BCUT2D eigenvalue weighted by Gasteiger charge is 2.36. The summed E-state index contributed by atoms with van der Waals surface area (Å²) in [6.07, 6.45) is 1.44. The van der Waals surface area contributed by atoms with Crippen molar-refractivity contribution in [2.45, 2.75) is 0 Å². The second-order valence-corrected chi connectivity index (χ2v) is 8.39. The van der Waals surface area contributed by atoms with Gasteiger partial charge in [0.2, 0.25) is 5.17 Å². The van der Waals surface area contributed by atoms with Gasteiger partial charge in [-0.15, -0.1) is 11.3 Å². The monoisotopic (exact) mass is 448 g/mol. The smallest absolute Gasteiger partial charge is 0.335 e. The number of amides is 1. The van der Waals surface area contributed by atoms with E-state index in [1.807, 2.05) is 17.5 Å². The molecule has 0 atom stereocenters. The first-order valence-corrected chi connectivity index (χ1v) is 10.7. The summed E-state index contributed by atoms with van der Waals surface area (Å²) in [7, 11) is 0. The molecule has 1 amide bonds. The normalized spacial score (nSPS) is 17.0. The zero-order valence-corrected chi connectivity index (χ0v) is 17.2. The number of carboxylic acids is 1. The lowest BCUT2D eigenvalue weighted by molar-refractivity contribution is -0.114. The Kier molecular flexibility index (Phi) is 4.64. The van der Waals surface area contributed by atoms with E-state index in [-0.39, 0.29) is 17.0 Å². The number of hydrazone groups is 1. The van der Waals surface area contributed by atoms with Gasteiger partial charge in [-0.3, -0.25) is 10.2 Å². The fraction of sp³-hybridized carbons (Fsp3) is 0. The number of nitrogens with one attached hydrogen (secondary N) is 1. The van der Waals surface area contributed by atoms with Gasteiger partial charge in [-0.1, -0.05) is 18.2 Å². The predicted octanol–water partition coefficient (Wildman–Crippen LogP) is 4.37. The maximum absolute atomic E-state index is 12.5. The van der Waals surface area contributed by atoms with Gasteiger partial charge in [0.15, 0.2) is 5.84 Å². The van der Waals surface area contributed by atoms with Crippen LogP contribution in [-0.2, 0) is 4.79 Å². The molecule has 8 nitrogen and oxygen atoms in total. The number of aromatic carboxylic acids is 1. The first kappa shape index (κ1) is 19.2. The third-order valence-electron chi connectivity index (χ3n) is 4.49. The molecule has 0 fully saturated rings. The van der Waals surface area contributed by atoms with E-state index in [1.54, 1.807) is 24.3 Å². The SMILES string of the molecule is N=C1/C(=C/c2ccc(-c3cccc(C(=O)O)c3)o2)C(=O)N=C2SC(c3cccs3)=NN12. The van der Waals surface area contributed by atoms with E-state index in [4.69, 9.17) is 14.9 Å². The van der Waals surface area contributed by atoms with Gasteiger partial charge in [-0.25, -0.2) is 4.79 Å². The van der Waals surface area contributed by atoms with E-state index in [0.29, 0.717) is 27.3 Å². The average Bonchev–Trinajstić information content (AvgIpc) is 3.51. The lowest BCUT2D eigenvalue weighted by atomic mass is 10.1. The van der Waals surface area contributed by atoms with Gasteiger partial charge in [0.1, 0.15) is 16.6 Å². The zero-order valence-electron chi connectivity index (χ0n) is 15.6. The van der Waals surface area contributed by atoms with E-state index >= 15 is 0 Å². The lowest BCUT2D eigenvalue weighted by Gasteiger charge is -2.19. The molecular weight excluding hydrogens is 436 g/mol. The minimum atomic E-state index is -1.03. The fourth-order valence-corrected chi connectivity index (χ4v) is 4.71. The Morgan fingerprint density at radius 1 is 1.19 bits per heavy atom. The Morgan fingerprint density at radius 2 is 2.06 bits per heavy atom. The first-order chi connectivity index (χ1) is 15.0. The third kappa shape index (κ3) is 3.51. The minimum absolute atomic E-state index is 0.0562. The van der Waals surface area contributed by atoms with E-state index in [2.05, 4.69) is 10.1 Å². The average molecular weight is 448 g/mol. The van der Waals surface area contributed by atoms with Crippen LogP contribution in [0.2, 0.25) is 0 Å². The quantitative estimate of drug-likeness (QED) is 0.572. The first-order valence-electron chi connectivity index (χ1n) is 8.97. The molecule has 0 unspecified atom stereocenters. The summed E-state index contributed by atoms with van der Waals surface area (Å²) < 4.78 is 5.77. The van der Waals surface area contributed by atoms with E-state index in [1.165, 1.54) is 46.3 Å². The lowest BCUT2D eigenvalue weighted by Crippen LogP contribution is -2.35. The Labute approximate surface area is 183 Å². The number of fused-ring (bicyclic) bond motifs is 1. The van der Waals surface area contributed by atoms with Crippen molar-refractivity contribution in [3.63, 3.8) is 0 Å². The number of hydrogen-bond acceptors (Lipinski definition) is 7. The predicted molar refractivity (Wildman–Crippen MR) is 120 cm³/mol. The van der Waals surface area contributed by atoms with Crippen LogP contribution in [0.1, 0.15) is 21.0 Å². The minimum Gasteiger partial charge on any atom is -0.478 e. The van der Waals surface area contributed by atoms with Gasteiger partial charge >= 0.3 is 5.97 Å². The molecule has 1 aromatic carbocycles. The van der Waals surface area contributed by atoms with Crippen LogP contribution in [-0.4, -0.2) is 38.0 Å². The summed E-state index contributed by atoms with van der Waals surface area (Å²) in [6.45, 7) is 0. The molecule has 4 heterocycles. The van der Waals surface area contributed by atoms with Gasteiger partial charge < -0.3 is 9.52 Å². The molecule has 0 bridgehead atoms. The molecular formula is C21H12N4O4S2. The summed E-state index contributed by atoms with van der Waals surface area (Å²) in [4.78, 5) is 28.7. The van der Waals surface area contributed by atoms with Crippen molar-refractivity contribution < 1.29 is 19.1 Å². The molecule has 3 aromatic rings. The van der Waals surface area contributed by atoms with Gasteiger partial charge in [0.25, 0.3) is 5.91 Å². The molecule has 2 aliphatic heterocycles. The van der Waals surface area contributed by atoms with Crippen LogP contribution in [0.15, 0.2) is 74.0 Å². The summed E-state index contributed by atoms with van der Waals surface area (Å²) >= 11 is 2.77. The number of carbonyl (C=O) groups is 2. The van der Waals surface area contributed by atoms with Crippen LogP contribution in [0, 0.1) is 5.41 Å². The number of benzene rings is 1. The second-order valence-electron chi connectivity index (χ2n) is 6.49. The van der Waals surface area contributed by atoms with Crippen molar-refractivity contribution in [2.24, 2.45) is 10.1 Å². The molecule has 2 aliphatic rings. The molecule has 152 valence electrons. The maximum atomic E-state index is 12.5. The summed E-state index contributed by atoms with van der Waals surface area (Å²) in [6, 6.07) is 13.5. The topological polar surface area (TPSA) is 119 Å². The highest BCUT2D eigenvalue weighted by Crippen LogP contribution is 2.32. The summed E-state index contributed by atoms with van der Waals surface area (Å²) in [5, 5.41) is 26.3. The molecule has 2 N–H and O–H groups in total. The molecule has 31 heavy (non-hydrogen) atoms. The van der Waals surface area contributed by atoms with Crippen molar-refractivity contribution in [3.8, 4) is 11.3 Å². The number of carbonyl (C=O) groups excluding carboxylic acids is 1. The highest BCUT2D eigenvalue weighted by molar-refractivity contribution is 8.27. The molecule has 10 heteroatoms. The molecule has 2 aromatic heterocycles. The van der Waals surface area contributed by atoms with Crippen molar-refractivity contribution in [3.05, 3.63) is 75.7 Å². The van der Waals surface area contributed by atoms with Gasteiger partial charge in [-0.2, -0.15) is 15.1 Å². The summed E-state index contributed by atoms with van der Waals surface area (Å²) in [5.41, 5.74) is 0.794. The van der Waals surface area contributed by atoms with Gasteiger partial charge in [0, 0.05) is 5.56 Å².